The van der Waals surface area contributed by atoms with Crippen LogP contribution in [0.25, 0.3) is 16.7 Å². The van der Waals surface area contributed by atoms with Gasteiger partial charge in [0.2, 0.25) is 16.0 Å². The second kappa shape index (κ2) is 7.46. The average molecular weight is 518 g/mol. The van der Waals surface area contributed by atoms with Crippen molar-refractivity contribution < 1.29 is 35.5 Å². The van der Waals surface area contributed by atoms with E-state index in [1.165, 1.54) is 17.4 Å². The van der Waals surface area contributed by atoms with Crippen LogP contribution in [-0.2, 0) is 16.2 Å². The van der Waals surface area contributed by atoms with E-state index < -0.39 is 50.4 Å². The minimum atomic E-state index is -5.18. The van der Waals surface area contributed by atoms with Gasteiger partial charge in [-0.05, 0) is 25.8 Å². The molecule has 3 heterocycles. The molecule has 1 aromatic carbocycles. The van der Waals surface area contributed by atoms with E-state index in [1.54, 1.807) is 0 Å². The molecule has 1 aliphatic carbocycles. The first-order valence-electron chi connectivity index (χ1n) is 10.5. The highest BCUT2D eigenvalue weighted by atomic mass is 32.2. The first-order valence-corrected chi connectivity index (χ1v) is 12.3. The number of piperazine rings is 1. The van der Waals surface area contributed by atoms with Gasteiger partial charge in [0.25, 0.3) is 0 Å². The molecule has 188 valence electrons. The summed E-state index contributed by atoms with van der Waals surface area (Å²) in [6.07, 6.45) is -1.31. The Balaban J connectivity index is 1.58. The fourth-order valence-corrected chi connectivity index (χ4v) is 5.32. The fourth-order valence-electron chi connectivity index (χ4n) is 4.43. The van der Waals surface area contributed by atoms with Crippen molar-refractivity contribution in [3.05, 3.63) is 35.2 Å². The van der Waals surface area contributed by atoms with Gasteiger partial charge in [0.15, 0.2) is 17.4 Å². The Morgan fingerprint density at radius 3 is 2.43 bits per heavy atom. The minimum absolute atomic E-state index is 0.0453. The second-order valence-electron chi connectivity index (χ2n) is 8.79. The van der Waals surface area contributed by atoms with Crippen molar-refractivity contribution >= 4 is 27.0 Å². The first kappa shape index (κ1) is 23.7. The van der Waals surface area contributed by atoms with Crippen molar-refractivity contribution in [1.82, 2.24) is 24.1 Å². The molecule has 2 aliphatic rings. The molecular formula is C20H19F5N6O3S. The Morgan fingerprint density at radius 2 is 1.83 bits per heavy atom. The number of anilines is 1. The molecule has 1 saturated heterocycles. The zero-order valence-corrected chi connectivity index (χ0v) is 19.3. The summed E-state index contributed by atoms with van der Waals surface area (Å²) in [5.74, 6) is -5.22. The van der Waals surface area contributed by atoms with Gasteiger partial charge in [0, 0.05) is 19.6 Å². The minimum Gasteiger partial charge on any atom is -0.503 e. The number of benzene rings is 1. The summed E-state index contributed by atoms with van der Waals surface area (Å²) >= 11 is 0. The highest BCUT2D eigenvalue weighted by Crippen LogP contribution is 2.46. The summed E-state index contributed by atoms with van der Waals surface area (Å²) in [7, 11) is -3.37. The molecule has 0 atom stereocenters. The fraction of sp³-hybridized carbons (Fsp3) is 0.450. The zero-order valence-electron chi connectivity index (χ0n) is 18.4. The van der Waals surface area contributed by atoms with Gasteiger partial charge in [-0.25, -0.2) is 31.8 Å². The number of sulfonamides is 1. The van der Waals surface area contributed by atoms with Crippen LogP contribution in [0.15, 0.2) is 12.3 Å². The first-order chi connectivity index (χ1) is 16.2. The summed E-state index contributed by atoms with van der Waals surface area (Å²) in [6.45, 7) is 2.36. The molecule has 15 heteroatoms. The van der Waals surface area contributed by atoms with Crippen molar-refractivity contribution in [2.24, 2.45) is 0 Å². The lowest BCUT2D eigenvalue weighted by Crippen LogP contribution is -2.56. The number of aryl methyl sites for hydroxylation is 1. The van der Waals surface area contributed by atoms with Crippen molar-refractivity contribution in [3.8, 4) is 11.4 Å². The monoisotopic (exact) mass is 518 g/mol. The van der Waals surface area contributed by atoms with Gasteiger partial charge >= 0.3 is 6.18 Å². The van der Waals surface area contributed by atoms with Crippen LogP contribution in [0.1, 0.15) is 24.1 Å². The predicted octanol–water partition coefficient (Wildman–Crippen LogP) is 2.74. The lowest BCUT2D eigenvalue weighted by Gasteiger charge is -2.41. The number of fused-ring (bicyclic) bond motifs is 1. The Labute approximate surface area is 195 Å². The van der Waals surface area contributed by atoms with E-state index in [0.29, 0.717) is 6.54 Å². The standard InChI is InChI=1S/C20H19F5N6O3S/c1-10-16-13(31(28-10)12-7-11(20(23,24)25)14(21)17(32)15(12)22)8-26-18(27-16)30-6-5-29(35(2,33)34)9-19(30)3-4-19/h7-8,32H,3-6,9H2,1-2H3. The van der Waals surface area contributed by atoms with E-state index >= 15 is 0 Å². The lowest BCUT2D eigenvalue weighted by molar-refractivity contribution is -0.140. The van der Waals surface area contributed by atoms with E-state index in [4.69, 9.17) is 0 Å². The number of aromatic nitrogens is 4. The van der Waals surface area contributed by atoms with Crippen molar-refractivity contribution in [3.63, 3.8) is 0 Å². The van der Waals surface area contributed by atoms with Crippen LogP contribution in [0.4, 0.5) is 27.9 Å². The topological polar surface area (TPSA) is 104 Å². The highest BCUT2D eigenvalue weighted by molar-refractivity contribution is 7.88. The number of aromatic hydroxyl groups is 1. The largest absolute Gasteiger partial charge is 0.503 e. The smallest absolute Gasteiger partial charge is 0.419 e. The van der Waals surface area contributed by atoms with Gasteiger partial charge < -0.3 is 10.0 Å². The molecule has 2 fully saturated rings. The molecule has 5 rings (SSSR count). The van der Waals surface area contributed by atoms with Crippen LogP contribution in [0.3, 0.4) is 0 Å². The van der Waals surface area contributed by atoms with Gasteiger partial charge in [-0.15, -0.1) is 0 Å². The van der Waals surface area contributed by atoms with Gasteiger partial charge in [-0.2, -0.15) is 22.6 Å². The molecule has 1 spiro atoms. The number of phenols is 1. The number of hydrogen-bond donors (Lipinski definition) is 1. The number of halogens is 5. The van der Waals surface area contributed by atoms with E-state index in [2.05, 4.69) is 15.1 Å². The molecule has 0 bridgehead atoms. The number of alkyl halides is 3. The van der Waals surface area contributed by atoms with Gasteiger partial charge in [0.05, 0.1) is 29.2 Å². The highest BCUT2D eigenvalue weighted by Gasteiger charge is 2.53. The van der Waals surface area contributed by atoms with Gasteiger partial charge in [0.1, 0.15) is 16.7 Å². The van der Waals surface area contributed by atoms with Crippen LogP contribution in [0.2, 0.25) is 0 Å². The van der Waals surface area contributed by atoms with Crippen molar-refractivity contribution in [2.75, 3.05) is 30.8 Å². The maximum atomic E-state index is 14.6. The van der Waals surface area contributed by atoms with E-state index in [-0.39, 0.29) is 41.8 Å². The summed E-state index contributed by atoms with van der Waals surface area (Å²) in [6, 6.07) is 0.230. The number of nitrogens with zero attached hydrogens (tertiary/aromatic N) is 6. The number of rotatable bonds is 3. The van der Waals surface area contributed by atoms with E-state index in [0.717, 1.165) is 23.8 Å². The maximum absolute atomic E-state index is 14.6. The predicted molar refractivity (Wildman–Crippen MR) is 114 cm³/mol. The molecule has 2 aromatic heterocycles. The molecule has 1 N–H and O–H groups in total. The third-order valence-corrected chi connectivity index (χ3v) is 7.67. The third kappa shape index (κ3) is 3.76. The van der Waals surface area contributed by atoms with E-state index in [1.807, 2.05) is 4.90 Å². The molecule has 35 heavy (non-hydrogen) atoms. The molecule has 0 unspecified atom stereocenters. The maximum Gasteiger partial charge on any atom is 0.419 e. The molecule has 0 amide bonds. The van der Waals surface area contributed by atoms with Crippen LogP contribution < -0.4 is 4.90 Å². The Morgan fingerprint density at radius 1 is 1.14 bits per heavy atom. The third-order valence-electron chi connectivity index (χ3n) is 6.42. The zero-order chi connectivity index (χ0) is 25.5. The Kier molecular flexibility index (Phi) is 5.05. The second-order valence-corrected chi connectivity index (χ2v) is 10.8. The summed E-state index contributed by atoms with van der Waals surface area (Å²) in [4.78, 5) is 10.7. The molecule has 3 aromatic rings. The molecule has 1 aliphatic heterocycles. The molecule has 0 radical (unpaired) electrons. The summed E-state index contributed by atoms with van der Waals surface area (Å²) in [5, 5.41) is 13.7. The molecular weight excluding hydrogens is 499 g/mol. The van der Waals surface area contributed by atoms with Gasteiger partial charge in [-0.3, -0.25) is 0 Å². The normalized spacial score (nSPS) is 18.5. The van der Waals surface area contributed by atoms with Gasteiger partial charge in [-0.1, -0.05) is 0 Å². The Hall–Kier alpha value is -3.07. The summed E-state index contributed by atoms with van der Waals surface area (Å²) < 4.78 is 94.4. The SMILES string of the molecule is Cc1nn(-c2cc(C(F)(F)F)c(F)c(O)c2F)c2cnc(N3CCN(S(C)(=O)=O)CC34CC4)nc12. The van der Waals surface area contributed by atoms with Crippen molar-refractivity contribution in [1.29, 1.82) is 0 Å². The quantitative estimate of drug-likeness (QED) is 0.532. The van der Waals surface area contributed by atoms with Crippen LogP contribution in [0, 0.1) is 18.6 Å². The van der Waals surface area contributed by atoms with Crippen molar-refractivity contribution in [2.45, 2.75) is 31.5 Å². The molecule has 9 nitrogen and oxygen atoms in total. The van der Waals surface area contributed by atoms with Crippen LogP contribution >= 0.6 is 0 Å². The van der Waals surface area contributed by atoms with Crippen LogP contribution in [-0.4, -0.2) is 69.0 Å². The average Bonchev–Trinajstić information content (AvgIpc) is 3.45. The van der Waals surface area contributed by atoms with E-state index in [9.17, 15) is 35.5 Å². The van der Waals surface area contributed by atoms with Crippen LogP contribution in [0.5, 0.6) is 5.75 Å². The summed E-state index contributed by atoms with van der Waals surface area (Å²) in [5.41, 5.74) is -2.61. The number of phenolic OH excluding ortho intramolecular Hbond substituents is 1. The Bertz CT molecular complexity index is 1470. The lowest BCUT2D eigenvalue weighted by atomic mass is 10.1. The number of hydrogen-bond acceptors (Lipinski definition) is 7. The molecule has 1 saturated carbocycles.